The van der Waals surface area contributed by atoms with E-state index in [1.807, 2.05) is 0 Å². The van der Waals surface area contributed by atoms with Crippen LogP contribution in [0.25, 0.3) is 0 Å². The zero-order valence-electron chi connectivity index (χ0n) is 11.3. The van der Waals surface area contributed by atoms with Gasteiger partial charge in [-0.2, -0.15) is 0 Å². The number of nitrogens with two attached hydrogens (primary N) is 1. The van der Waals surface area contributed by atoms with E-state index in [0.717, 1.165) is 23.9 Å². The predicted octanol–water partition coefficient (Wildman–Crippen LogP) is 2.77. The van der Waals surface area contributed by atoms with Crippen LogP contribution >= 0.6 is 0 Å². The van der Waals surface area contributed by atoms with E-state index < -0.39 is 0 Å². The minimum absolute atomic E-state index is 0.488. The van der Waals surface area contributed by atoms with E-state index in [9.17, 15) is 0 Å². The number of rotatable bonds is 2. The van der Waals surface area contributed by atoms with Crippen molar-refractivity contribution in [3.63, 3.8) is 0 Å². The standard InChI is InChI=1S/C15H28N2/c1-11-4-2-5-12(11)10-17-14-6-3-7-15(17)9-13(16)8-14/h11-15H,2-10,16H2,1H3. The summed E-state index contributed by atoms with van der Waals surface area (Å²) in [5, 5.41) is 0. The summed E-state index contributed by atoms with van der Waals surface area (Å²) in [5.74, 6) is 1.94. The van der Waals surface area contributed by atoms with Gasteiger partial charge in [0.15, 0.2) is 0 Å². The molecule has 0 aromatic rings. The fourth-order valence-electron chi connectivity index (χ4n) is 4.58. The quantitative estimate of drug-likeness (QED) is 0.799. The first-order valence-electron chi connectivity index (χ1n) is 7.75. The Morgan fingerprint density at radius 1 is 1.00 bits per heavy atom. The summed E-state index contributed by atoms with van der Waals surface area (Å²) >= 11 is 0. The van der Waals surface area contributed by atoms with Gasteiger partial charge in [0, 0.05) is 24.7 Å². The highest BCUT2D eigenvalue weighted by Gasteiger charge is 2.39. The van der Waals surface area contributed by atoms with Crippen LogP contribution in [0, 0.1) is 11.8 Å². The van der Waals surface area contributed by atoms with Gasteiger partial charge < -0.3 is 5.73 Å². The van der Waals surface area contributed by atoms with Gasteiger partial charge in [0.1, 0.15) is 0 Å². The molecule has 2 aliphatic heterocycles. The highest BCUT2D eigenvalue weighted by Crippen LogP contribution is 2.38. The molecule has 0 aromatic heterocycles. The van der Waals surface area contributed by atoms with Gasteiger partial charge in [-0.15, -0.1) is 0 Å². The Balaban J connectivity index is 1.65. The Morgan fingerprint density at radius 2 is 1.65 bits per heavy atom. The molecule has 3 rings (SSSR count). The van der Waals surface area contributed by atoms with Crippen molar-refractivity contribution in [2.24, 2.45) is 17.6 Å². The molecule has 1 saturated carbocycles. The van der Waals surface area contributed by atoms with Crippen LogP contribution in [-0.4, -0.2) is 29.6 Å². The molecule has 2 heteroatoms. The monoisotopic (exact) mass is 236 g/mol. The van der Waals surface area contributed by atoms with Crippen molar-refractivity contribution < 1.29 is 0 Å². The molecule has 98 valence electrons. The summed E-state index contributed by atoms with van der Waals surface area (Å²) in [4.78, 5) is 2.86. The lowest BCUT2D eigenvalue weighted by Crippen LogP contribution is -2.56. The zero-order valence-corrected chi connectivity index (χ0v) is 11.3. The largest absolute Gasteiger partial charge is 0.328 e. The van der Waals surface area contributed by atoms with Gasteiger partial charge in [0.05, 0.1) is 0 Å². The van der Waals surface area contributed by atoms with Gasteiger partial charge in [-0.05, 0) is 43.9 Å². The summed E-state index contributed by atoms with van der Waals surface area (Å²) in [7, 11) is 0. The second kappa shape index (κ2) is 4.89. The lowest BCUT2D eigenvalue weighted by atomic mass is 9.81. The van der Waals surface area contributed by atoms with Crippen molar-refractivity contribution in [1.29, 1.82) is 0 Å². The maximum Gasteiger partial charge on any atom is 0.0113 e. The van der Waals surface area contributed by atoms with Gasteiger partial charge in [-0.25, -0.2) is 0 Å². The fourth-order valence-corrected chi connectivity index (χ4v) is 4.58. The molecule has 1 aliphatic carbocycles. The number of hydrogen-bond acceptors (Lipinski definition) is 2. The van der Waals surface area contributed by atoms with Crippen LogP contribution in [0.3, 0.4) is 0 Å². The van der Waals surface area contributed by atoms with Crippen molar-refractivity contribution in [3.8, 4) is 0 Å². The average molecular weight is 236 g/mol. The van der Waals surface area contributed by atoms with Crippen molar-refractivity contribution in [3.05, 3.63) is 0 Å². The molecule has 4 unspecified atom stereocenters. The first-order valence-corrected chi connectivity index (χ1v) is 7.75. The van der Waals surface area contributed by atoms with Crippen molar-refractivity contribution in [2.45, 2.75) is 76.4 Å². The molecule has 0 radical (unpaired) electrons. The third kappa shape index (κ3) is 2.39. The molecule has 0 aromatic carbocycles. The van der Waals surface area contributed by atoms with E-state index >= 15 is 0 Å². The van der Waals surface area contributed by atoms with Crippen LogP contribution in [0.2, 0.25) is 0 Å². The molecule has 2 heterocycles. The molecule has 3 fully saturated rings. The summed E-state index contributed by atoms with van der Waals surface area (Å²) in [5.41, 5.74) is 6.20. The minimum atomic E-state index is 0.488. The molecule has 2 bridgehead atoms. The van der Waals surface area contributed by atoms with Gasteiger partial charge in [0.2, 0.25) is 0 Å². The van der Waals surface area contributed by atoms with Crippen molar-refractivity contribution in [2.75, 3.05) is 6.54 Å². The summed E-state index contributed by atoms with van der Waals surface area (Å²) < 4.78 is 0. The Hall–Kier alpha value is -0.0800. The second-order valence-corrected chi connectivity index (χ2v) is 6.84. The highest BCUT2D eigenvalue weighted by molar-refractivity contribution is 4.95. The first kappa shape index (κ1) is 12.0. The van der Waals surface area contributed by atoms with Crippen molar-refractivity contribution in [1.82, 2.24) is 4.90 Å². The van der Waals surface area contributed by atoms with Crippen LogP contribution in [0.4, 0.5) is 0 Å². The Labute approximate surface area is 106 Å². The van der Waals surface area contributed by atoms with Crippen LogP contribution < -0.4 is 5.73 Å². The average Bonchev–Trinajstić information content (AvgIpc) is 2.66. The summed E-state index contributed by atoms with van der Waals surface area (Å²) in [6, 6.07) is 2.14. The number of piperidine rings is 2. The fraction of sp³-hybridized carbons (Fsp3) is 1.00. The molecular weight excluding hydrogens is 208 g/mol. The van der Waals surface area contributed by atoms with Crippen LogP contribution in [0.15, 0.2) is 0 Å². The summed E-state index contributed by atoms with van der Waals surface area (Å²) in [6.07, 6.45) is 11.2. The van der Waals surface area contributed by atoms with Crippen LogP contribution in [0.5, 0.6) is 0 Å². The SMILES string of the molecule is CC1CCCC1CN1C2CCCC1CC(N)C2. The zero-order chi connectivity index (χ0) is 11.8. The maximum absolute atomic E-state index is 6.20. The van der Waals surface area contributed by atoms with Gasteiger partial charge in [-0.1, -0.05) is 26.2 Å². The van der Waals surface area contributed by atoms with E-state index in [-0.39, 0.29) is 0 Å². The number of hydrogen-bond donors (Lipinski definition) is 1. The third-order valence-corrected chi connectivity index (χ3v) is 5.65. The topological polar surface area (TPSA) is 29.3 Å². The van der Waals surface area contributed by atoms with Gasteiger partial charge in [0.25, 0.3) is 0 Å². The van der Waals surface area contributed by atoms with E-state index in [1.54, 1.807) is 0 Å². The van der Waals surface area contributed by atoms with E-state index in [1.165, 1.54) is 57.9 Å². The van der Waals surface area contributed by atoms with Gasteiger partial charge in [-0.3, -0.25) is 4.90 Å². The van der Waals surface area contributed by atoms with Crippen molar-refractivity contribution >= 4 is 0 Å². The molecule has 0 amide bonds. The molecule has 2 nitrogen and oxygen atoms in total. The normalized spacial score (nSPS) is 47.3. The molecule has 2 N–H and O–H groups in total. The molecule has 4 atom stereocenters. The number of fused-ring (bicyclic) bond motifs is 2. The minimum Gasteiger partial charge on any atom is -0.328 e. The Bertz CT molecular complexity index is 252. The van der Waals surface area contributed by atoms with Crippen LogP contribution in [0.1, 0.15) is 58.3 Å². The summed E-state index contributed by atoms with van der Waals surface area (Å²) in [6.45, 7) is 3.84. The third-order valence-electron chi connectivity index (χ3n) is 5.65. The van der Waals surface area contributed by atoms with Crippen LogP contribution in [-0.2, 0) is 0 Å². The molecule has 17 heavy (non-hydrogen) atoms. The highest BCUT2D eigenvalue weighted by atomic mass is 15.2. The van der Waals surface area contributed by atoms with E-state index in [2.05, 4.69) is 11.8 Å². The lowest BCUT2D eigenvalue weighted by Gasteiger charge is -2.49. The molecule has 3 aliphatic rings. The maximum atomic E-state index is 6.20. The first-order chi connectivity index (χ1) is 8.24. The van der Waals surface area contributed by atoms with E-state index in [0.29, 0.717) is 6.04 Å². The number of nitrogens with zero attached hydrogens (tertiary/aromatic N) is 1. The second-order valence-electron chi connectivity index (χ2n) is 6.84. The molecule has 2 saturated heterocycles. The Morgan fingerprint density at radius 3 is 2.24 bits per heavy atom. The molecule has 0 spiro atoms. The predicted molar refractivity (Wildman–Crippen MR) is 71.8 cm³/mol. The smallest absolute Gasteiger partial charge is 0.0113 e. The Kier molecular flexibility index (Phi) is 3.45. The lowest BCUT2D eigenvalue weighted by molar-refractivity contribution is 0.0147. The van der Waals surface area contributed by atoms with Gasteiger partial charge >= 0.3 is 0 Å². The molecular formula is C15H28N2. The van der Waals surface area contributed by atoms with E-state index in [4.69, 9.17) is 5.73 Å².